The van der Waals surface area contributed by atoms with E-state index in [1.165, 1.54) is 0 Å². The minimum Gasteiger partial charge on any atom is -0.493 e. The molecule has 2 N–H and O–H groups in total. The summed E-state index contributed by atoms with van der Waals surface area (Å²) in [7, 11) is 1.56. The first kappa shape index (κ1) is 15.6. The third-order valence-electron chi connectivity index (χ3n) is 3.79. The highest BCUT2D eigenvalue weighted by molar-refractivity contribution is 5.94. The van der Waals surface area contributed by atoms with E-state index < -0.39 is 0 Å². The van der Waals surface area contributed by atoms with E-state index in [1.807, 2.05) is 6.92 Å². The van der Waals surface area contributed by atoms with Gasteiger partial charge in [0.05, 0.1) is 19.8 Å². The van der Waals surface area contributed by atoms with Crippen molar-refractivity contribution in [3.8, 4) is 11.5 Å². The van der Waals surface area contributed by atoms with E-state index in [9.17, 15) is 9.90 Å². The van der Waals surface area contributed by atoms with Gasteiger partial charge >= 0.3 is 0 Å². The van der Waals surface area contributed by atoms with Gasteiger partial charge in [-0.2, -0.15) is 0 Å². The van der Waals surface area contributed by atoms with E-state index in [-0.39, 0.29) is 12.0 Å². The lowest BCUT2D eigenvalue weighted by Crippen LogP contribution is -2.28. The first-order valence-corrected chi connectivity index (χ1v) is 7.41. The van der Waals surface area contributed by atoms with Gasteiger partial charge in [0.15, 0.2) is 11.5 Å². The number of amides is 1. The maximum atomic E-state index is 12.2. The largest absolute Gasteiger partial charge is 0.493 e. The second-order valence-corrected chi connectivity index (χ2v) is 5.34. The molecule has 5 heteroatoms. The fourth-order valence-electron chi connectivity index (χ4n) is 2.66. The van der Waals surface area contributed by atoms with Crippen LogP contribution in [0.1, 0.15) is 36.5 Å². The molecule has 0 aliphatic heterocycles. The maximum Gasteiger partial charge on any atom is 0.251 e. The average Bonchev–Trinajstić information content (AvgIpc) is 2.91. The summed E-state index contributed by atoms with van der Waals surface area (Å²) in [5.41, 5.74) is 0.550. The Balaban J connectivity index is 1.95. The fraction of sp³-hybridized carbons (Fsp3) is 0.562. The Hall–Kier alpha value is -1.75. The summed E-state index contributed by atoms with van der Waals surface area (Å²) in [6.45, 7) is 3.05. The van der Waals surface area contributed by atoms with Crippen LogP contribution in [0.5, 0.6) is 11.5 Å². The van der Waals surface area contributed by atoms with Gasteiger partial charge in [-0.25, -0.2) is 0 Å². The summed E-state index contributed by atoms with van der Waals surface area (Å²) in [6.07, 6.45) is 2.36. The number of ether oxygens (including phenoxy) is 2. The van der Waals surface area contributed by atoms with Crippen LogP contribution in [0.15, 0.2) is 18.2 Å². The number of carbonyl (C=O) groups excluding carboxylic acids is 1. The molecule has 1 fully saturated rings. The van der Waals surface area contributed by atoms with Crippen LogP contribution in [0.25, 0.3) is 0 Å². The van der Waals surface area contributed by atoms with Crippen molar-refractivity contribution in [3.63, 3.8) is 0 Å². The van der Waals surface area contributed by atoms with Gasteiger partial charge in [-0.05, 0) is 50.3 Å². The lowest BCUT2D eigenvalue weighted by atomic mass is 10.1. The third-order valence-corrected chi connectivity index (χ3v) is 3.79. The smallest absolute Gasteiger partial charge is 0.251 e. The molecule has 0 bridgehead atoms. The number of carbonyl (C=O) groups is 1. The molecule has 0 spiro atoms. The minimum absolute atomic E-state index is 0.127. The van der Waals surface area contributed by atoms with Crippen molar-refractivity contribution in [2.45, 2.75) is 32.3 Å². The van der Waals surface area contributed by atoms with Crippen LogP contribution >= 0.6 is 0 Å². The lowest BCUT2D eigenvalue weighted by molar-refractivity contribution is 0.0944. The molecule has 0 radical (unpaired) electrons. The van der Waals surface area contributed by atoms with Crippen LogP contribution in [0.4, 0.5) is 0 Å². The first-order valence-electron chi connectivity index (χ1n) is 7.41. The quantitative estimate of drug-likeness (QED) is 0.841. The number of aliphatic hydroxyl groups excluding tert-OH is 1. The molecule has 0 heterocycles. The number of rotatable bonds is 6. The van der Waals surface area contributed by atoms with Crippen molar-refractivity contribution in [3.05, 3.63) is 23.8 Å². The number of benzene rings is 1. The Bertz CT molecular complexity index is 489. The van der Waals surface area contributed by atoms with Crippen molar-refractivity contribution in [2.75, 3.05) is 20.3 Å². The maximum absolute atomic E-state index is 12.2. The van der Waals surface area contributed by atoms with Crippen LogP contribution in [0.2, 0.25) is 0 Å². The molecule has 1 saturated carbocycles. The highest BCUT2D eigenvalue weighted by Crippen LogP contribution is 2.28. The van der Waals surface area contributed by atoms with Gasteiger partial charge in [-0.3, -0.25) is 4.79 Å². The number of hydrogen-bond donors (Lipinski definition) is 2. The van der Waals surface area contributed by atoms with Crippen LogP contribution in [0, 0.1) is 5.92 Å². The van der Waals surface area contributed by atoms with Crippen LogP contribution in [-0.2, 0) is 0 Å². The molecule has 5 nitrogen and oxygen atoms in total. The van der Waals surface area contributed by atoms with Gasteiger partial charge in [-0.15, -0.1) is 0 Å². The molecular formula is C16H23NO4. The summed E-state index contributed by atoms with van der Waals surface area (Å²) >= 11 is 0. The zero-order chi connectivity index (χ0) is 15.2. The first-order chi connectivity index (χ1) is 10.1. The van der Waals surface area contributed by atoms with Crippen LogP contribution < -0.4 is 14.8 Å². The van der Waals surface area contributed by atoms with Crippen molar-refractivity contribution in [1.29, 1.82) is 0 Å². The van der Waals surface area contributed by atoms with Gasteiger partial charge < -0.3 is 19.9 Å². The highest BCUT2D eigenvalue weighted by atomic mass is 16.5. The number of hydrogen-bond acceptors (Lipinski definition) is 4. The molecule has 1 aromatic rings. The van der Waals surface area contributed by atoms with E-state index in [2.05, 4.69) is 5.32 Å². The van der Waals surface area contributed by atoms with Crippen molar-refractivity contribution < 1.29 is 19.4 Å². The Morgan fingerprint density at radius 2 is 2.19 bits per heavy atom. The Kier molecular flexibility index (Phi) is 5.44. The lowest BCUT2D eigenvalue weighted by Gasteiger charge is -2.13. The van der Waals surface area contributed by atoms with Crippen LogP contribution in [0.3, 0.4) is 0 Å². The molecule has 0 aromatic heterocycles. The second kappa shape index (κ2) is 7.31. The normalized spacial score (nSPS) is 21.1. The van der Waals surface area contributed by atoms with E-state index in [0.29, 0.717) is 36.1 Å². The second-order valence-electron chi connectivity index (χ2n) is 5.34. The third kappa shape index (κ3) is 4.11. The van der Waals surface area contributed by atoms with Gasteiger partial charge in [0.25, 0.3) is 5.91 Å². The predicted octanol–water partition coefficient (Wildman–Crippen LogP) is 1.98. The van der Waals surface area contributed by atoms with Gasteiger partial charge in [-0.1, -0.05) is 0 Å². The average molecular weight is 293 g/mol. The summed E-state index contributed by atoms with van der Waals surface area (Å²) in [4.78, 5) is 12.2. The van der Waals surface area contributed by atoms with E-state index in [1.54, 1.807) is 25.3 Å². The molecule has 21 heavy (non-hydrogen) atoms. The molecular weight excluding hydrogens is 270 g/mol. The van der Waals surface area contributed by atoms with Crippen molar-refractivity contribution in [2.24, 2.45) is 5.92 Å². The molecule has 2 rings (SSSR count). The van der Waals surface area contributed by atoms with E-state index in [0.717, 1.165) is 19.3 Å². The van der Waals surface area contributed by atoms with Crippen molar-refractivity contribution in [1.82, 2.24) is 5.32 Å². The molecule has 1 aliphatic rings. The molecule has 1 aromatic carbocycles. The minimum atomic E-state index is -0.211. The van der Waals surface area contributed by atoms with Gasteiger partial charge in [0.2, 0.25) is 0 Å². The number of nitrogens with one attached hydrogen (secondary N) is 1. The SMILES string of the molecule is CCOc1ccc(C(=O)NCC2CCC(O)C2)cc1OC. The van der Waals surface area contributed by atoms with E-state index in [4.69, 9.17) is 9.47 Å². The number of aliphatic hydroxyl groups is 1. The van der Waals surface area contributed by atoms with E-state index >= 15 is 0 Å². The van der Waals surface area contributed by atoms with Crippen LogP contribution in [-0.4, -0.2) is 37.4 Å². The Labute approximate surface area is 125 Å². The Morgan fingerprint density at radius 1 is 1.38 bits per heavy atom. The summed E-state index contributed by atoms with van der Waals surface area (Å²) < 4.78 is 10.7. The predicted molar refractivity (Wildman–Crippen MR) is 79.8 cm³/mol. The summed E-state index contributed by atoms with van der Waals surface area (Å²) in [5.74, 6) is 1.43. The van der Waals surface area contributed by atoms with Gasteiger partial charge in [0, 0.05) is 12.1 Å². The molecule has 1 amide bonds. The fourth-order valence-corrected chi connectivity index (χ4v) is 2.66. The summed E-state index contributed by atoms with van der Waals surface area (Å²) in [5, 5.41) is 12.4. The topological polar surface area (TPSA) is 67.8 Å². The monoisotopic (exact) mass is 293 g/mol. The Morgan fingerprint density at radius 3 is 2.81 bits per heavy atom. The molecule has 2 unspecified atom stereocenters. The van der Waals surface area contributed by atoms with Crippen molar-refractivity contribution >= 4 is 5.91 Å². The molecule has 2 atom stereocenters. The highest BCUT2D eigenvalue weighted by Gasteiger charge is 2.23. The molecule has 0 saturated heterocycles. The zero-order valence-corrected chi connectivity index (χ0v) is 12.6. The van der Waals surface area contributed by atoms with Gasteiger partial charge in [0.1, 0.15) is 0 Å². The number of methoxy groups -OCH3 is 1. The summed E-state index contributed by atoms with van der Waals surface area (Å²) in [6, 6.07) is 5.16. The molecule has 116 valence electrons. The standard InChI is InChI=1S/C16H23NO4/c1-3-21-14-7-5-12(9-15(14)20-2)16(19)17-10-11-4-6-13(18)8-11/h5,7,9,11,13,18H,3-4,6,8,10H2,1-2H3,(H,17,19). The molecule has 1 aliphatic carbocycles. The zero-order valence-electron chi connectivity index (χ0n) is 12.6.